The summed E-state index contributed by atoms with van der Waals surface area (Å²) in [6.07, 6.45) is -2.37. The summed E-state index contributed by atoms with van der Waals surface area (Å²) in [4.78, 5) is 32.8. The Labute approximate surface area is 212 Å². The maximum atomic E-state index is 15.0. The van der Waals surface area contributed by atoms with Crippen molar-refractivity contribution in [3.05, 3.63) is 66.0 Å². The standard InChI is InChI=1S/C22H18F4N8O2.ClH/c1-11-3-2-4-16(31-11)33-21(36)32-15-6-5-12(7-14(15)23)17-13(20(35)28-9-22(24,25)26)8-34-18(17)19(27)29-10-30-34;/h2-8,10H,9H2,1H3,(H,28,35)(H2,27,29,30)(H2,31,32,33,36);1H. The third-order valence-electron chi connectivity index (χ3n) is 4.93. The van der Waals surface area contributed by atoms with Gasteiger partial charge < -0.3 is 16.4 Å². The van der Waals surface area contributed by atoms with Crippen LogP contribution in [0.25, 0.3) is 16.6 Å². The van der Waals surface area contributed by atoms with Gasteiger partial charge in [-0.15, -0.1) is 12.4 Å². The molecular formula is C22H19ClF4N8O2. The Bertz CT molecular complexity index is 1480. The second-order valence-electron chi connectivity index (χ2n) is 7.59. The Morgan fingerprint density at radius 1 is 1.14 bits per heavy atom. The van der Waals surface area contributed by atoms with E-state index >= 15 is 0 Å². The Balaban J connectivity index is 0.00000380. The van der Waals surface area contributed by atoms with Crippen LogP contribution in [0.5, 0.6) is 0 Å². The predicted molar refractivity (Wildman–Crippen MR) is 130 cm³/mol. The third kappa shape index (κ3) is 6.22. The fourth-order valence-electron chi connectivity index (χ4n) is 3.43. The van der Waals surface area contributed by atoms with Gasteiger partial charge in [-0.2, -0.15) is 18.3 Å². The highest BCUT2D eigenvalue weighted by molar-refractivity contribution is 6.07. The minimum absolute atomic E-state index is 0. The van der Waals surface area contributed by atoms with E-state index in [1.807, 2.05) is 0 Å². The van der Waals surface area contributed by atoms with E-state index in [2.05, 4.69) is 25.7 Å². The first kappa shape index (κ1) is 27.1. The number of aryl methyl sites for hydroxylation is 1. The minimum Gasteiger partial charge on any atom is -0.382 e. The van der Waals surface area contributed by atoms with Crippen LogP contribution in [0.15, 0.2) is 48.9 Å². The number of alkyl halides is 3. The van der Waals surface area contributed by atoms with E-state index in [1.54, 1.807) is 30.4 Å². The number of hydrogen-bond acceptors (Lipinski definition) is 6. The lowest BCUT2D eigenvalue weighted by Gasteiger charge is -2.11. The minimum atomic E-state index is -4.64. The lowest BCUT2D eigenvalue weighted by Crippen LogP contribution is -2.33. The summed E-state index contributed by atoms with van der Waals surface area (Å²) in [5.74, 6) is -1.77. The van der Waals surface area contributed by atoms with Crippen LogP contribution < -0.4 is 21.7 Å². The summed E-state index contributed by atoms with van der Waals surface area (Å²) in [5.41, 5.74) is 6.38. The van der Waals surface area contributed by atoms with Crippen molar-refractivity contribution >= 4 is 47.2 Å². The number of carbonyl (C=O) groups excluding carboxylic acids is 2. The molecule has 4 aromatic rings. The fraction of sp³-hybridized carbons (Fsp3) is 0.136. The molecule has 3 heterocycles. The van der Waals surface area contributed by atoms with E-state index in [-0.39, 0.29) is 51.9 Å². The van der Waals surface area contributed by atoms with Gasteiger partial charge in [0.2, 0.25) is 0 Å². The number of urea groups is 1. The number of halogens is 5. The number of nitrogens with zero attached hydrogens (tertiary/aromatic N) is 4. The van der Waals surface area contributed by atoms with Crippen LogP contribution >= 0.6 is 12.4 Å². The van der Waals surface area contributed by atoms with Crippen molar-refractivity contribution in [3.8, 4) is 11.1 Å². The molecule has 194 valence electrons. The van der Waals surface area contributed by atoms with Crippen LogP contribution in [-0.4, -0.2) is 44.2 Å². The number of hydrogen-bond donors (Lipinski definition) is 4. The second-order valence-corrected chi connectivity index (χ2v) is 7.59. The summed E-state index contributed by atoms with van der Waals surface area (Å²) in [6.45, 7) is 0.170. The van der Waals surface area contributed by atoms with Crippen LogP contribution in [-0.2, 0) is 0 Å². The van der Waals surface area contributed by atoms with Gasteiger partial charge >= 0.3 is 12.2 Å². The Morgan fingerprint density at radius 2 is 1.89 bits per heavy atom. The molecule has 0 fully saturated rings. The molecule has 0 spiro atoms. The topological polar surface area (TPSA) is 139 Å². The van der Waals surface area contributed by atoms with E-state index in [0.717, 1.165) is 16.9 Å². The van der Waals surface area contributed by atoms with Gasteiger partial charge in [-0.1, -0.05) is 12.1 Å². The third-order valence-corrected chi connectivity index (χ3v) is 4.93. The van der Waals surface area contributed by atoms with Gasteiger partial charge in [0.25, 0.3) is 5.91 Å². The van der Waals surface area contributed by atoms with Crippen molar-refractivity contribution in [2.24, 2.45) is 0 Å². The van der Waals surface area contributed by atoms with Gasteiger partial charge in [0.15, 0.2) is 5.82 Å². The van der Waals surface area contributed by atoms with Gasteiger partial charge in [0.05, 0.1) is 11.3 Å². The average molecular weight is 539 g/mol. The number of fused-ring (bicyclic) bond motifs is 1. The molecule has 0 aliphatic heterocycles. The summed E-state index contributed by atoms with van der Waals surface area (Å²) in [5, 5.41) is 10.5. The van der Waals surface area contributed by atoms with Crippen LogP contribution in [0.3, 0.4) is 0 Å². The van der Waals surface area contributed by atoms with Crippen molar-refractivity contribution in [2.45, 2.75) is 13.1 Å². The van der Waals surface area contributed by atoms with Gasteiger partial charge in [0.1, 0.15) is 30.0 Å². The highest BCUT2D eigenvalue weighted by Gasteiger charge is 2.29. The molecule has 0 aliphatic carbocycles. The quantitative estimate of drug-likeness (QED) is 0.281. The number of carbonyl (C=O) groups is 2. The largest absolute Gasteiger partial charge is 0.405 e. The second kappa shape index (κ2) is 10.7. The molecule has 0 saturated heterocycles. The zero-order valence-electron chi connectivity index (χ0n) is 18.9. The van der Waals surface area contributed by atoms with Crippen molar-refractivity contribution in [1.29, 1.82) is 0 Å². The van der Waals surface area contributed by atoms with Crippen molar-refractivity contribution in [1.82, 2.24) is 24.9 Å². The highest BCUT2D eigenvalue weighted by atomic mass is 35.5. The molecule has 0 aliphatic rings. The van der Waals surface area contributed by atoms with E-state index < -0.39 is 30.5 Å². The maximum absolute atomic E-state index is 15.0. The van der Waals surface area contributed by atoms with Gasteiger partial charge in [-0.05, 0) is 36.8 Å². The zero-order valence-corrected chi connectivity index (χ0v) is 19.7. The highest BCUT2D eigenvalue weighted by Crippen LogP contribution is 2.34. The smallest absolute Gasteiger partial charge is 0.382 e. The Kier molecular flexibility index (Phi) is 7.81. The summed E-state index contributed by atoms with van der Waals surface area (Å²) < 4.78 is 54.0. The number of aromatic nitrogens is 4. The summed E-state index contributed by atoms with van der Waals surface area (Å²) in [7, 11) is 0. The first-order chi connectivity index (χ1) is 17.0. The molecule has 0 radical (unpaired) electrons. The van der Waals surface area contributed by atoms with E-state index in [9.17, 15) is 27.2 Å². The summed E-state index contributed by atoms with van der Waals surface area (Å²) in [6, 6.07) is 7.83. The summed E-state index contributed by atoms with van der Waals surface area (Å²) >= 11 is 0. The maximum Gasteiger partial charge on any atom is 0.405 e. The molecule has 4 rings (SSSR count). The Hall–Kier alpha value is -4.46. The van der Waals surface area contributed by atoms with Crippen LogP contribution in [0.2, 0.25) is 0 Å². The molecule has 0 bridgehead atoms. The lowest BCUT2D eigenvalue weighted by atomic mass is 10.0. The predicted octanol–water partition coefficient (Wildman–Crippen LogP) is 4.18. The average Bonchev–Trinajstić information content (AvgIpc) is 3.19. The first-order valence-electron chi connectivity index (χ1n) is 10.3. The molecule has 5 N–H and O–H groups in total. The number of benzene rings is 1. The van der Waals surface area contributed by atoms with E-state index in [1.165, 1.54) is 18.3 Å². The zero-order chi connectivity index (χ0) is 26.0. The molecular weight excluding hydrogens is 520 g/mol. The Morgan fingerprint density at radius 3 is 2.57 bits per heavy atom. The lowest BCUT2D eigenvalue weighted by molar-refractivity contribution is -0.123. The SMILES string of the molecule is Cc1cccc(NC(=O)Nc2ccc(-c3c(C(=O)NCC(F)(F)F)cn4ncnc(N)c34)cc2F)n1.Cl. The number of nitrogen functional groups attached to an aromatic ring is 1. The molecule has 0 saturated carbocycles. The van der Waals surface area contributed by atoms with E-state index in [0.29, 0.717) is 5.69 Å². The molecule has 0 atom stereocenters. The molecule has 37 heavy (non-hydrogen) atoms. The van der Waals surface area contributed by atoms with Gasteiger partial charge in [-0.3, -0.25) is 10.1 Å². The van der Waals surface area contributed by atoms with Crippen molar-refractivity contribution < 1.29 is 27.2 Å². The number of nitrogens with two attached hydrogens (primary N) is 1. The van der Waals surface area contributed by atoms with Gasteiger partial charge in [-0.25, -0.2) is 23.7 Å². The van der Waals surface area contributed by atoms with Crippen LogP contribution in [0, 0.1) is 12.7 Å². The molecule has 3 aromatic heterocycles. The number of amides is 3. The van der Waals surface area contributed by atoms with E-state index in [4.69, 9.17) is 5.73 Å². The number of pyridine rings is 1. The molecule has 0 unspecified atom stereocenters. The monoisotopic (exact) mass is 538 g/mol. The fourth-order valence-corrected chi connectivity index (χ4v) is 3.43. The number of rotatable bonds is 5. The van der Waals surface area contributed by atoms with Crippen molar-refractivity contribution in [3.63, 3.8) is 0 Å². The molecule has 15 heteroatoms. The van der Waals surface area contributed by atoms with Crippen molar-refractivity contribution in [2.75, 3.05) is 22.9 Å². The normalized spacial score (nSPS) is 11.1. The van der Waals surface area contributed by atoms with Crippen LogP contribution in [0.4, 0.5) is 39.7 Å². The molecule has 1 aromatic carbocycles. The first-order valence-corrected chi connectivity index (χ1v) is 10.3. The van der Waals surface area contributed by atoms with Gasteiger partial charge in [0, 0.05) is 17.5 Å². The molecule has 10 nitrogen and oxygen atoms in total. The number of nitrogens with one attached hydrogen (secondary N) is 3. The molecule has 3 amide bonds. The van der Waals surface area contributed by atoms with Crippen LogP contribution in [0.1, 0.15) is 16.1 Å². The number of anilines is 3.